The fourth-order valence-electron chi connectivity index (χ4n) is 2.81. The van der Waals surface area contributed by atoms with Crippen molar-refractivity contribution < 1.29 is 22.7 Å². The first-order chi connectivity index (χ1) is 13.0. The van der Waals surface area contributed by atoms with E-state index in [1.807, 2.05) is 0 Å². The maximum atomic E-state index is 12.8. The van der Waals surface area contributed by atoms with Crippen LogP contribution in [0.15, 0.2) is 52.1 Å². The van der Waals surface area contributed by atoms with E-state index in [9.17, 15) is 18.0 Å². The number of ether oxygens (including phenoxy) is 1. The average Bonchev–Trinajstić information content (AvgIpc) is 3.39. The minimum absolute atomic E-state index is 0.114. The molecule has 7 nitrogen and oxygen atoms in total. The van der Waals surface area contributed by atoms with Gasteiger partial charge in [-0.15, -0.1) is 11.3 Å². The summed E-state index contributed by atoms with van der Waals surface area (Å²) in [5.74, 6) is -1.09. The van der Waals surface area contributed by atoms with Gasteiger partial charge in [-0.2, -0.15) is 4.72 Å². The molecule has 1 amide bonds. The van der Waals surface area contributed by atoms with Crippen LogP contribution in [-0.4, -0.2) is 44.8 Å². The predicted molar refractivity (Wildman–Crippen MR) is 101 cm³/mol. The van der Waals surface area contributed by atoms with Crippen molar-refractivity contribution in [2.75, 3.05) is 19.6 Å². The van der Waals surface area contributed by atoms with Crippen LogP contribution in [0.2, 0.25) is 0 Å². The molecule has 1 N–H and O–H groups in total. The quantitative estimate of drug-likeness (QED) is 0.707. The number of hydrogen-bond donors (Lipinski definition) is 1. The van der Waals surface area contributed by atoms with E-state index in [2.05, 4.69) is 4.72 Å². The molecule has 144 valence electrons. The van der Waals surface area contributed by atoms with Crippen LogP contribution in [0.5, 0.6) is 0 Å². The van der Waals surface area contributed by atoms with Gasteiger partial charge in [-0.1, -0.05) is 36.4 Å². The van der Waals surface area contributed by atoms with Crippen LogP contribution in [0, 0.1) is 0 Å². The molecule has 27 heavy (non-hydrogen) atoms. The molecule has 0 bridgehead atoms. The number of hydrogen-bond acceptors (Lipinski definition) is 6. The van der Waals surface area contributed by atoms with Gasteiger partial charge in [0.15, 0.2) is 0 Å². The summed E-state index contributed by atoms with van der Waals surface area (Å²) in [7, 11) is -3.78. The van der Waals surface area contributed by atoms with Crippen molar-refractivity contribution in [1.29, 1.82) is 0 Å². The SMILES string of the molecule is O=C(CNS(=O)(=O)c1cccs1)OC(C(=O)N1CCCC1)c1ccccc1. The molecule has 1 unspecified atom stereocenters. The molecule has 1 fully saturated rings. The zero-order valence-corrected chi connectivity index (χ0v) is 16.2. The maximum absolute atomic E-state index is 12.8. The number of nitrogens with one attached hydrogen (secondary N) is 1. The summed E-state index contributed by atoms with van der Waals surface area (Å²) < 4.78 is 31.9. The van der Waals surface area contributed by atoms with Gasteiger partial charge in [0.2, 0.25) is 6.10 Å². The monoisotopic (exact) mass is 408 g/mol. The van der Waals surface area contributed by atoms with Gasteiger partial charge in [0, 0.05) is 18.7 Å². The minimum atomic E-state index is -3.78. The second kappa shape index (κ2) is 8.64. The molecule has 1 atom stereocenters. The third-order valence-corrected chi connectivity index (χ3v) is 6.96. The van der Waals surface area contributed by atoms with E-state index in [4.69, 9.17) is 4.74 Å². The van der Waals surface area contributed by atoms with E-state index in [0.29, 0.717) is 18.7 Å². The first-order valence-electron chi connectivity index (χ1n) is 8.54. The number of likely N-dealkylation sites (tertiary alicyclic amines) is 1. The molecule has 3 rings (SSSR count). The number of rotatable bonds is 7. The van der Waals surface area contributed by atoms with Gasteiger partial charge in [0.05, 0.1) is 0 Å². The minimum Gasteiger partial charge on any atom is -0.446 e. The second-order valence-corrected chi connectivity index (χ2v) is 9.01. The van der Waals surface area contributed by atoms with Crippen molar-refractivity contribution in [3.8, 4) is 0 Å². The van der Waals surface area contributed by atoms with E-state index in [1.165, 1.54) is 6.07 Å². The Labute approximate surface area is 162 Å². The van der Waals surface area contributed by atoms with Crippen molar-refractivity contribution >= 4 is 33.2 Å². The number of carbonyl (C=O) groups excluding carboxylic acids is 2. The smallest absolute Gasteiger partial charge is 0.322 e. The topological polar surface area (TPSA) is 92.8 Å². The molecule has 1 saturated heterocycles. The summed E-state index contributed by atoms with van der Waals surface area (Å²) in [4.78, 5) is 26.7. The molecule has 1 aliphatic rings. The highest BCUT2D eigenvalue weighted by Gasteiger charge is 2.31. The van der Waals surface area contributed by atoms with Crippen LogP contribution in [0.25, 0.3) is 0 Å². The number of sulfonamides is 1. The molecule has 1 aromatic carbocycles. The molecule has 0 spiro atoms. The van der Waals surface area contributed by atoms with Gasteiger partial charge in [-0.3, -0.25) is 9.59 Å². The van der Waals surface area contributed by atoms with Crippen LogP contribution in [0.1, 0.15) is 24.5 Å². The number of nitrogens with zero attached hydrogens (tertiary/aromatic N) is 1. The molecule has 1 aliphatic heterocycles. The molecule has 9 heteroatoms. The Balaban J connectivity index is 1.68. The van der Waals surface area contributed by atoms with Gasteiger partial charge in [0.1, 0.15) is 10.8 Å². The number of esters is 1. The molecule has 2 aromatic rings. The molecule has 0 aliphatic carbocycles. The summed E-state index contributed by atoms with van der Waals surface area (Å²) >= 11 is 1.05. The van der Waals surface area contributed by atoms with Crippen LogP contribution in [0.4, 0.5) is 0 Å². The molecule has 0 saturated carbocycles. The van der Waals surface area contributed by atoms with Crippen molar-refractivity contribution in [2.45, 2.75) is 23.2 Å². The highest BCUT2D eigenvalue weighted by atomic mass is 32.2. The van der Waals surface area contributed by atoms with Gasteiger partial charge in [-0.05, 0) is 24.3 Å². The fourth-order valence-corrected chi connectivity index (χ4v) is 4.81. The van der Waals surface area contributed by atoms with Crippen molar-refractivity contribution in [1.82, 2.24) is 9.62 Å². The summed E-state index contributed by atoms with van der Waals surface area (Å²) in [6.45, 7) is 0.715. The van der Waals surface area contributed by atoms with Gasteiger partial charge >= 0.3 is 5.97 Å². The highest BCUT2D eigenvalue weighted by Crippen LogP contribution is 2.23. The van der Waals surface area contributed by atoms with E-state index in [0.717, 1.165) is 24.2 Å². The Morgan fingerprint density at radius 1 is 1.11 bits per heavy atom. The highest BCUT2D eigenvalue weighted by molar-refractivity contribution is 7.91. The van der Waals surface area contributed by atoms with Crippen LogP contribution < -0.4 is 4.72 Å². The first-order valence-corrected chi connectivity index (χ1v) is 10.9. The molecular formula is C18H20N2O5S2. The lowest BCUT2D eigenvalue weighted by Gasteiger charge is -2.23. The zero-order chi connectivity index (χ0) is 19.3. The molecular weight excluding hydrogens is 388 g/mol. The summed E-state index contributed by atoms with van der Waals surface area (Å²) in [6.07, 6.45) is 0.756. The van der Waals surface area contributed by atoms with Crippen LogP contribution in [0.3, 0.4) is 0 Å². The third kappa shape index (κ3) is 4.94. The summed E-state index contributed by atoms with van der Waals surface area (Å²) in [6, 6.07) is 11.8. The Morgan fingerprint density at radius 3 is 2.44 bits per heavy atom. The second-order valence-electron chi connectivity index (χ2n) is 6.07. The normalized spacial score (nSPS) is 15.5. The van der Waals surface area contributed by atoms with Gasteiger partial charge in [0.25, 0.3) is 15.9 Å². The molecule has 2 heterocycles. The van der Waals surface area contributed by atoms with E-state index >= 15 is 0 Å². The first kappa shape index (κ1) is 19.5. The lowest BCUT2D eigenvalue weighted by atomic mass is 10.1. The Kier molecular flexibility index (Phi) is 6.25. The fraction of sp³-hybridized carbons (Fsp3) is 0.333. The number of carbonyl (C=O) groups is 2. The average molecular weight is 409 g/mol. The van der Waals surface area contributed by atoms with Gasteiger partial charge < -0.3 is 9.64 Å². The molecule has 1 aromatic heterocycles. The van der Waals surface area contributed by atoms with Crippen molar-refractivity contribution in [3.05, 3.63) is 53.4 Å². The standard InChI is InChI=1S/C18H20N2O5S2/c21-15(13-19-27(23,24)16-9-6-12-26-16)25-17(14-7-2-1-3-8-14)18(22)20-10-4-5-11-20/h1-3,6-9,12,17,19H,4-5,10-11,13H2. The summed E-state index contributed by atoms with van der Waals surface area (Å²) in [5, 5.41) is 1.63. The van der Waals surface area contributed by atoms with E-state index in [-0.39, 0.29) is 10.1 Å². The number of amides is 1. The maximum Gasteiger partial charge on any atom is 0.322 e. The summed E-state index contributed by atoms with van der Waals surface area (Å²) in [5.41, 5.74) is 0.559. The van der Waals surface area contributed by atoms with E-state index < -0.39 is 28.6 Å². The number of benzene rings is 1. The third-order valence-electron chi connectivity index (χ3n) is 4.16. The van der Waals surface area contributed by atoms with Crippen molar-refractivity contribution in [2.24, 2.45) is 0 Å². The van der Waals surface area contributed by atoms with Crippen LogP contribution in [-0.2, 0) is 24.3 Å². The zero-order valence-electron chi connectivity index (χ0n) is 14.5. The van der Waals surface area contributed by atoms with Gasteiger partial charge in [-0.25, -0.2) is 8.42 Å². The Hall–Kier alpha value is -2.23. The van der Waals surface area contributed by atoms with Crippen LogP contribution >= 0.6 is 11.3 Å². The largest absolute Gasteiger partial charge is 0.446 e. The predicted octanol–water partition coefficient (Wildman–Crippen LogP) is 1.93. The van der Waals surface area contributed by atoms with Crippen molar-refractivity contribution in [3.63, 3.8) is 0 Å². The molecule has 0 radical (unpaired) electrons. The lowest BCUT2D eigenvalue weighted by molar-refractivity contribution is -0.159. The number of thiophene rings is 1. The Bertz CT molecular complexity index is 876. The lowest BCUT2D eigenvalue weighted by Crippen LogP contribution is -2.37. The Morgan fingerprint density at radius 2 is 1.81 bits per heavy atom. The van der Waals surface area contributed by atoms with E-state index in [1.54, 1.807) is 46.7 Å².